The van der Waals surface area contributed by atoms with Gasteiger partial charge in [0.1, 0.15) is 0 Å². The Morgan fingerprint density at radius 1 is 0.435 bits per heavy atom. The molecule has 2 unspecified atom stereocenters. The predicted octanol–water partition coefficient (Wildman–Crippen LogP) is 14.8. The minimum absolute atomic E-state index is 0.583. The molecule has 0 spiro atoms. The number of allylic oxidation sites excluding steroid dienone is 4. The average molecular weight is 792 g/mol. The maximum Gasteiger partial charge on any atom is 0.164 e. The summed E-state index contributed by atoms with van der Waals surface area (Å²) in [4.78, 5) is 15.1. The van der Waals surface area contributed by atoms with Gasteiger partial charge < -0.3 is 0 Å². The number of nitrogens with zero attached hydrogens (tertiary/aromatic N) is 3. The maximum atomic E-state index is 5.06. The van der Waals surface area contributed by atoms with Crippen molar-refractivity contribution in [3.63, 3.8) is 0 Å². The van der Waals surface area contributed by atoms with Gasteiger partial charge in [-0.1, -0.05) is 170 Å². The molecule has 4 aliphatic rings. The molecule has 62 heavy (non-hydrogen) atoms. The van der Waals surface area contributed by atoms with E-state index in [9.17, 15) is 0 Å². The fraction of sp³-hybridized carbons (Fsp3) is 0.102. The Bertz CT molecular complexity index is 3300. The lowest BCUT2D eigenvalue weighted by Crippen LogP contribution is -2.04. The van der Waals surface area contributed by atoms with Gasteiger partial charge >= 0.3 is 0 Å². The van der Waals surface area contributed by atoms with Crippen LogP contribution in [0.5, 0.6) is 0 Å². The van der Waals surface area contributed by atoms with Crippen LogP contribution >= 0.6 is 0 Å². The third kappa shape index (κ3) is 5.69. The predicted molar refractivity (Wildman–Crippen MR) is 254 cm³/mol. The first kappa shape index (κ1) is 35.3. The zero-order chi connectivity index (χ0) is 40.7. The van der Waals surface area contributed by atoms with Crippen LogP contribution in [0.4, 0.5) is 0 Å². The standard InChI is InChI=1S/C59H41N3/c1-3-15-36(16-4-1)57-60-58(37-17-5-2-6-18-37)62-59(61-57)42-23-12-20-39(32-42)38-19-11-21-40(31-38)43-28-13-22-41-33-50-46-26-9-10-27-47(46)51(34-53(50)55(41)43)49-30-14-29-48-44-24-7-8-25-45(44)52-35-54(52)56(48)49/h1-11,13-19,21-32,34,52,54H,12,20,33,35H2. The summed E-state index contributed by atoms with van der Waals surface area (Å²) in [5, 5.41) is 2.72. The molecule has 3 nitrogen and oxygen atoms in total. The summed E-state index contributed by atoms with van der Waals surface area (Å²) in [7, 11) is 0. The summed E-state index contributed by atoms with van der Waals surface area (Å²) in [6, 6.07) is 64.4. The molecule has 292 valence electrons. The molecule has 0 N–H and O–H groups in total. The molecule has 0 amide bonds. The summed E-state index contributed by atoms with van der Waals surface area (Å²) in [5.74, 6) is 3.28. The van der Waals surface area contributed by atoms with Gasteiger partial charge in [0.25, 0.3) is 0 Å². The Morgan fingerprint density at radius 2 is 1.05 bits per heavy atom. The Kier molecular flexibility index (Phi) is 7.99. The molecule has 1 fully saturated rings. The fourth-order valence-electron chi connectivity index (χ4n) is 10.8. The molecule has 2 atom stereocenters. The maximum absolute atomic E-state index is 5.06. The highest BCUT2D eigenvalue weighted by Crippen LogP contribution is 2.64. The molecule has 1 heterocycles. The number of aromatic nitrogens is 3. The zero-order valence-corrected chi connectivity index (χ0v) is 34.2. The van der Waals surface area contributed by atoms with Crippen LogP contribution in [0.1, 0.15) is 64.7 Å². The molecule has 13 rings (SSSR count). The number of benzene rings is 8. The van der Waals surface area contributed by atoms with Crippen LogP contribution in [0.25, 0.3) is 89.2 Å². The van der Waals surface area contributed by atoms with Crippen molar-refractivity contribution in [2.75, 3.05) is 0 Å². The highest BCUT2D eigenvalue weighted by atomic mass is 15.0. The number of hydrogen-bond acceptors (Lipinski definition) is 3. The van der Waals surface area contributed by atoms with Gasteiger partial charge in [-0.3, -0.25) is 0 Å². The van der Waals surface area contributed by atoms with E-state index in [0.717, 1.165) is 36.0 Å². The lowest BCUT2D eigenvalue weighted by Gasteiger charge is -2.23. The quantitative estimate of drug-likeness (QED) is 0.168. The van der Waals surface area contributed by atoms with Gasteiger partial charge in [0.15, 0.2) is 17.5 Å². The third-order valence-electron chi connectivity index (χ3n) is 13.8. The van der Waals surface area contributed by atoms with E-state index in [4.69, 9.17) is 15.0 Å². The van der Waals surface area contributed by atoms with E-state index in [0.29, 0.717) is 29.3 Å². The molecule has 0 bridgehead atoms. The molecule has 1 aromatic heterocycles. The Labute approximate surface area is 361 Å². The van der Waals surface area contributed by atoms with Crippen LogP contribution in [0.3, 0.4) is 0 Å². The summed E-state index contributed by atoms with van der Waals surface area (Å²) in [6.07, 6.45) is 8.62. The smallest absolute Gasteiger partial charge is 0.164 e. The fourth-order valence-corrected chi connectivity index (χ4v) is 10.8. The average Bonchev–Trinajstić information content (AvgIpc) is 4.07. The van der Waals surface area contributed by atoms with E-state index >= 15 is 0 Å². The van der Waals surface area contributed by atoms with Gasteiger partial charge in [0.05, 0.1) is 0 Å². The molecule has 0 radical (unpaired) electrons. The largest absolute Gasteiger partial charge is 0.208 e. The highest BCUT2D eigenvalue weighted by molar-refractivity contribution is 6.08. The van der Waals surface area contributed by atoms with Crippen LogP contribution in [-0.4, -0.2) is 15.0 Å². The second kappa shape index (κ2) is 14.0. The molecule has 0 aliphatic heterocycles. The van der Waals surface area contributed by atoms with Crippen LogP contribution in [0.2, 0.25) is 0 Å². The van der Waals surface area contributed by atoms with Gasteiger partial charge in [-0.15, -0.1) is 0 Å². The minimum atomic E-state index is 0.583. The van der Waals surface area contributed by atoms with Gasteiger partial charge in [-0.05, 0) is 144 Å². The molecular weight excluding hydrogens is 751 g/mol. The van der Waals surface area contributed by atoms with Crippen molar-refractivity contribution in [2.45, 2.75) is 37.5 Å². The van der Waals surface area contributed by atoms with Gasteiger partial charge in [0, 0.05) is 16.7 Å². The van der Waals surface area contributed by atoms with Crippen molar-refractivity contribution in [3.05, 3.63) is 222 Å². The third-order valence-corrected chi connectivity index (χ3v) is 13.8. The molecule has 8 aromatic carbocycles. The van der Waals surface area contributed by atoms with Gasteiger partial charge in [-0.25, -0.2) is 15.0 Å². The first-order chi connectivity index (χ1) is 30.7. The van der Waals surface area contributed by atoms with Crippen molar-refractivity contribution < 1.29 is 0 Å². The van der Waals surface area contributed by atoms with Crippen LogP contribution < -0.4 is 0 Å². The number of fused-ring (bicyclic) bond motifs is 11. The highest BCUT2D eigenvalue weighted by Gasteiger charge is 2.46. The van der Waals surface area contributed by atoms with E-state index < -0.39 is 0 Å². The lowest BCUT2D eigenvalue weighted by molar-refractivity contribution is 1.01. The van der Waals surface area contributed by atoms with E-state index in [2.05, 4.69) is 152 Å². The normalized spacial score (nSPS) is 16.6. The Hall–Kier alpha value is -7.49. The van der Waals surface area contributed by atoms with E-state index in [1.54, 1.807) is 5.56 Å². The second-order valence-electron chi connectivity index (χ2n) is 17.3. The van der Waals surface area contributed by atoms with Crippen LogP contribution in [-0.2, 0) is 6.42 Å². The Morgan fingerprint density at radius 3 is 1.85 bits per heavy atom. The van der Waals surface area contributed by atoms with Crippen molar-refractivity contribution >= 4 is 21.9 Å². The van der Waals surface area contributed by atoms with Gasteiger partial charge in [0.2, 0.25) is 0 Å². The van der Waals surface area contributed by atoms with Gasteiger partial charge in [-0.2, -0.15) is 0 Å². The monoisotopic (exact) mass is 791 g/mol. The minimum Gasteiger partial charge on any atom is -0.208 e. The van der Waals surface area contributed by atoms with Crippen molar-refractivity contribution in [2.24, 2.45) is 0 Å². The van der Waals surface area contributed by atoms with Crippen molar-refractivity contribution in [1.29, 1.82) is 0 Å². The first-order valence-corrected chi connectivity index (χ1v) is 22.0. The number of hydrogen-bond donors (Lipinski definition) is 0. The van der Waals surface area contributed by atoms with Crippen LogP contribution in [0, 0.1) is 0 Å². The second-order valence-corrected chi connectivity index (χ2v) is 17.3. The zero-order valence-electron chi connectivity index (χ0n) is 34.2. The van der Waals surface area contributed by atoms with Crippen molar-refractivity contribution in [1.82, 2.24) is 15.0 Å². The van der Waals surface area contributed by atoms with E-state index in [1.807, 2.05) is 36.4 Å². The lowest BCUT2D eigenvalue weighted by atomic mass is 9.80. The Balaban J connectivity index is 0.911. The SMILES string of the molecule is C1=C(c2cccc(-c3cccc4c3-c3cc(-c5cccc6c5C5CC5c5ccccc5-6)c5ccccc5c3C4)c2)CCC=C1c1nc(-c2ccccc2)nc(-c2ccccc2)n1. The summed E-state index contributed by atoms with van der Waals surface area (Å²) < 4.78 is 0. The molecule has 0 saturated heterocycles. The molecule has 1 saturated carbocycles. The molecule has 4 aliphatic carbocycles. The van der Waals surface area contributed by atoms with E-state index in [-0.39, 0.29) is 0 Å². The molecule has 3 heteroatoms. The molecule has 9 aromatic rings. The summed E-state index contributed by atoms with van der Waals surface area (Å²) in [5.41, 5.74) is 22.3. The summed E-state index contributed by atoms with van der Waals surface area (Å²) in [6.45, 7) is 0. The first-order valence-electron chi connectivity index (χ1n) is 22.0. The van der Waals surface area contributed by atoms with Crippen LogP contribution in [0.15, 0.2) is 188 Å². The molecular formula is C59H41N3. The topological polar surface area (TPSA) is 38.7 Å². The number of rotatable bonds is 6. The summed E-state index contributed by atoms with van der Waals surface area (Å²) >= 11 is 0. The van der Waals surface area contributed by atoms with Crippen molar-refractivity contribution in [3.8, 4) is 67.3 Å². The van der Waals surface area contributed by atoms with E-state index in [1.165, 1.54) is 89.5 Å².